The Labute approximate surface area is 99.4 Å². The van der Waals surface area contributed by atoms with E-state index in [1.807, 2.05) is 6.07 Å². The molecule has 0 saturated heterocycles. The SMILES string of the molecule is CCN(CC)Cc1cc(Br)cc(C)c1F. The molecule has 0 atom stereocenters. The van der Waals surface area contributed by atoms with E-state index in [1.165, 1.54) is 0 Å². The third kappa shape index (κ3) is 3.28. The minimum atomic E-state index is -0.0786. The Balaban J connectivity index is 2.93. The average molecular weight is 274 g/mol. The van der Waals surface area contributed by atoms with Gasteiger partial charge < -0.3 is 0 Å². The van der Waals surface area contributed by atoms with Gasteiger partial charge in [-0.1, -0.05) is 29.8 Å². The molecular weight excluding hydrogens is 257 g/mol. The lowest BCUT2D eigenvalue weighted by Gasteiger charge is -2.19. The number of rotatable bonds is 4. The molecular formula is C12H17BrFN. The largest absolute Gasteiger partial charge is 0.300 e. The highest BCUT2D eigenvalue weighted by Crippen LogP contribution is 2.20. The first-order valence-electron chi connectivity index (χ1n) is 5.25. The molecule has 3 heteroatoms. The molecule has 0 heterocycles. The molecule has 1 aromatic carbocycles. The van der Waals surface area contributed by atoms with Crippen molar-refractivity contribution in [3.05, 3.63) is 33.5 Å². The quantitative estimate of drug-likeness (QED) is 0.808. The third-order valence-electron chi connectivity index (χ3n) is 2.58. The van der Waals surface area contributed by atoms with Crippen LogP contribution in [0.15, 0.2) is 16.6 Å². The van der Waals surface area contributed by atoms with Gasteiger partial charge in [0.2, 0.25) is 0 Å². The smallest absolute Gasteiger partial charge is 0.130 e. The highest BCUT2D eigenvalue weighted by Gasteiger charge is 2.09. The summed E-state index contributed by atoms with van der Waals surface area (Å²) in [6, 6.07) is 3.67. The maximum atomic E-state index is 13.8. The molecule has 0 amide bonds. The predicted octanol–water partition coefficient (Wildman–Crippen LogP) is 3.74. The molecule has 0 aliphatic rings. The lowest BCUT2D eigenvalue weighted by molar-refractivity contribution is 0.291. The standard InChI is InChI=1S/C12H17BrFN/c1-4-15(5-2)8-10-7-11(13)6-9(3)12(10)14/h6-7H,4-5,8H2,1-3H3. The zero-order valence-electron chi connectivity index (χ0n) is 9.48. The van der Waals surface area contributed by atoms with Crippen molar-refractivity contribution in [1.29, 1.82) is 0 Å². The van der Waals surface area contributed by atoms with E-state index in [-0.39, 0.29) is 5.82 Å². The van der Waals surface area contributed by atoms with Gasteiger partial charge in [0.05, 0.1) is 0 Å². The van der Waals surface area contributed by atoms with Crippen molar-refractivity contribution >= 4 is 15.9 Å². The van der Waals surface area contributed by atoms with Crippen LogP contribution in [0.5, 0.6) is 0 Å². The summed E-state index contributed by atoms with van der Waals surface area (Å²) in [6.45, 7) is 8.55. The zero-order chi connectivity index (χ0) is 11.4. The van der Waals surface area contributed by atoms with E-state index < -0.39 is 0 Å². The molecule has 0 aliphatic carbocycles. The highest BCUT2D eigenvalue weighted by atomic mass is 79.9. The minimum Gasteiger partial charge on any atom is -0.300 e. The first kappa shape index (κ1) is 12.7. The van der Waals surface area contributed by atoms with E-state index in [9.17, 15) is 4.39 Å². The van der Waals surface area contributed by atoms with E-state index in [1.54, 1.807) is 13.0 Å². The van der Waals surface area contributed by atoms with Crippen LogP contribution in [0.1, 0.15) is 25.0 Å². The summed E-state index contributed by atoms with van der Waals surface area (Å²) in [5.74, 6) is -0.0786. The lowest BCUT2D eigenvalue weighted by Crippen LogP contribution is -2.22. The predicted molar refractivity (Wildman–Crippen MR) is 65.5 cm³/mol. The fourth-order valence-electron chi connectivity index (χ4n) is 1.60. The minimum absolute atomic E-state index is 0.0786. The van der Waals surface area contributed by atoms with Gasteiger partial charge in [0.1, 0.15) is 5.82 Å². The summed E-state index contributed by atoms with van der Waals surface area (Å²) >= 11 is 3.40. The molecule has 84 valence electrons. The second kappa shape index (κ2) is 5.61. The summed E-state index contributed by atoms with van der Waals surface area (Å²) < 4.78 is 14.7. The van der Waals surface area contributed by atoms with Gasteiger partial charge in [0.25, 0.3) is 0 Å². The number of aryl methyl sites for hydroxylation is 1. The van der Waals surface area contributed by atoms with Gasteiger partial charge in [-0.15, -0.1) is 0 Å². The second-order valence-corrected chi connectivity index (χ2v) is 4.57. The molecule has 0 N–H and O–H groups in total. The van der Waals surface area contributed by atoms with Crippen LogP contribution >= 0.6 is 15.9 Å². The Bertz CT molecular complexity index is 335. The Morgan fingerprint density at radius 2 is 1.87 bits per heavy atom. The molecule has 0 aromatic heterocycles. The van der Waals surface area contributed by atoms with Crippen molar-refractivity contribution < 1.29 is 4.39 Å². The topological polar surface area (TPSA) is 3.24 Å². The first-order valence-corrected chi connectivity index (χ1v) is 6.04. The van der Waals surface area contributed by atoms with E-state index in [0.717, 1.165) is 23.1 Å². The van der Waals surface area contributed by atoms with Crippen molar-refractivity contribution in [2.24, 2.45) is 0 Å². The molecule has 15 heavy (non-hydrogen) atoms. The fourth-order valence-corrected chi connectivity index (χ4v) is 2.22. The molecule has 0 saturated carbocycles. The summed E-state index contributed by atoms with van der Waals surface area (Å²) in [5, 5.41) is 0. The molecule has 1 rings (SSSR count). The van der Waals surface area contributed by atoms with Gasteiger partial charge in [-0.2, -0.15) is 0 Å². The van der Waals surface area contributed by atoms with Crippen LogP contribution in [0.25, 0.3) is 0 Å². The summed E-state index contributed by atoms with van der Waals surface area (Å²) in [5.41, 5.74) is 1.47. The van der Waals surface area contributed by atoms with Crippen LogP contribution < -0.4 is 0 Å². The van der Waals surface area contributed by atoms with Crippen LogP contribution in [0.4, 0.5) is 4.39 Å². The monoisotopic (exact) mass is 273 g/mol. The molecule has 0 spiro atoms. The van der Waals surface area contributed by atoms with Crippen LogP contribution in [0.2, 0.25) is 0 Å². The van der Waals surface area contributed by atoms with Gasteiger partial charge in [-0.3, -0.25) is 4.90 Å². The lowest BCUT2D eigenvalue weighted by atomic mass is 10.1. The van der Waals surface area contributed by atoms with Gasteiger partial charge in [0, 0.05) is 16.6 Å². The molecule has 0 aliphatic heterocycles. The number of halogens is 2. The number of nitrogens with zero attached hydrogens (tertiary/aromatic N) is 1. The van der Waals surface area contributed by atoms with E-state index in [4.69, 9.17) is 0 Å². The molecule has 0 unspecified atom stereocenters. The van der Waals surface area contributed by atoms with Crippen molar-refractivity contribution in [3.8, 4) is 0 Å². The van der Waals surface area contributed by atoms with Crippen molar-refractivity contribution in [1.82, 2.24) is 4.90 Å². The Morgan fingerprint density at radius 1 is 1.27 bits per heavy atom. The third-order valence-corrected chi connectivity index (χ3v) is 3.04. The van der Waals surface area contributed by atoms with Crippen LogP contribution in [-0.4, -0.2) is 18.0 Å². The Hall–Kier alpha value is -0.410. The molecule has 1 nitrogen and oxygen atoms in total. The summed E-state index contributed by atoms with van der Waals surface area (Å²) in [7, 11) is 0. The van der Waals surface area contributed by atoms with Crippen LogP contribution in [0, 0.1) is 12.7 Å². The zero-order valence-corrected chi connectivity index (χ0v) is 11.1. The molecule has 0 radical (unpaired) electrons. The maximum absolute atomic E-state index is 13.8. The summed E-state index contributed by atoms with van der Waals surface area (Å²) in [4.78, 5) is 2.20. The normalized spacial score (nSPS) is 11.1. The van der Waals surface area contributed by atoms with Crippen LogP contribution in [0.3, 0.4) is 0 Å². The van der Waals surface area contributed by atoms with Crippen molar-refractivity contribution in [3.63, 3.8) is 0 Å². The molecule has 0 bridgehead atoms. The number of hydrogen-bond acceptors (Lipinski definition) is 1. The van der Waals surface area contributed by atoms with Crippen LogP contribution in [-0.2, 0) is 6.54 Å². The van der Waals surface area contributed by atoms with E-state index >= 15 is 0 Å². The number of hydrogen-bond donors (Lipinski definition) is 0. The van der Waals surface area contributed by atoms with E-state index in [0.29, 0.717) is 12.1 Å². The van der Waals surface area contributed by atoms with Crippen molar-refractivity contribution in [2.75, 3.05) is 13.1 Å². The fraction of sp³-hybridized carbons (Fsp3) is 0.500. The maximum Gasteiger partial charge on any atom is 0.130 e. The highest BCUT2D eigenvalue weighted by molar-refractivity contribution is 9.10. The second-order valence-electron chi connectivity index (χ2n) is 3.66. The Kier molecular flexibility index (Phi) is 4.74. The van der Waals surface area contributed by atoms with Gasteiger partial charge >= 0.3 is 0 Å². The van der Waals surface area contributed by atoms with Gasteiger partial charge in [0.15, 0.2) is 0 Å². The molecule has 0 fully saturated rings. The average Bonchev–Trinajstić information content (AvgIpc) is 2.21. The molecule has 1 aromatic rings. The van der Waals surface area contributed by atoms with Gasteiger partial charge in [-0.05, 0) is 37.7 Å². The van der Waals surface area contributed by atoms with Crippen molar-refractivity contribution in [2.45, 2.75) is 27.3 Å². The first-order chi connectivity index (χ1) is 7.08. The Morgan fingerprint density at radius 3 is 2.40 bits per heavy atom. The van der Waals surface area contributed by atoms with Gasteiger partial charge in [-0.25, -0.2) is 4.39 Å². The summed E-state index contributed by atoms with van der Waals surface area (Å²) in [6.07, 6.45) is 0. The number of benzene rings is 1. The van der Waals surface area contributed by atoms with E-state index in [2.05, 4.69) is 34.7 Å².